The summed E-state index contributed by atoms with van der Waals surface area (Å²) < 4.78 is 5.05. The lowest BCUT2D eigenvalue weighted by atomic mass is 9.89. The molecule has 0 aromatic carbocycles. The van der Waals surface area contributed by atoms with Crippen molar-refractivity contribution in [3.05, 3.63) is 0 Å². The Labute approximate surface area is 106 Å². The summed E-state index contributed by atoms with van der Waals surface area (Å²) in [4.78, 5) is 14.4. The second-order valence-corrected chi connectivity index (χ2v) is 5.02. The molecule has 1 saturated heterocycles. The van der Waals surface area contributed by atoms with Gasteiger partial charge < -0.3 is 4.74 Å². The molecular formula is C14H27NO2. The first-order valence-electron chi connectivity index (χ1n) is 7.04. The summed E-state index contributed by atoms with van der Waals surface area (Å²) in [6.07, 6.45) is 7.93. The highest BCUT2D eigenvalue weighted by atomic mass is 16.5. The number of unbranched alkanes of at least 4 members (excludes halogenated alkanes) is 3. The van der Waals surface area contributed by atoms with Crippen LogP contribution in [0.25, 0.3) is 0 Å². The first-order chi connectivity index (χ1) is 8.21. The minimum absolute atomic E-state index is 0.0200. The fourth-order valence-corrected chi connectivity index (χ4v) is 3.05. The van der Waals surface area contributed by atoms with E-state index in [-0.39, 0.29) is 11.5 Å². The van der Waals surface area contributed by atoms with Gasteiger partial charge in [-0.05, 0) is 32.4 Å². The number of nitrogens with zero attached hydrogens (tertiary/aromatic N) is 1. The molecule has 0 amide bonds. The predicted molar refractivity (Wildman–Crippen MR) is 70.0 cm³/mol. The first-order valence-corrected chi connectivity index (χ1v) is 7.04. The van der Waals surface area contributed by atoms with Crippen LogP contribution in [0, 0.1) is 0 Å². The van der Waals surface area contributed by atoms with Crippen LogP contribution in [0.1, 0.15) is 58.8 Å². The minimum atomic E-state index is -0.308. The van der Waals surface area contributed by atoms with Crippen LogP contribution < -0.4 is 0 Å². The lowest BCUT2D eigenvalue weighted by Crippen LogP contribution is -2.51. The lowest BCUT2D eigenvalue weighted by molar-refractivity contribution is -0.154. The Kier molecular flexibility index (Phi) is 5.96. The highest BCUT2D eigenvalue weighted by molar-refractivity contribution is 5.81. The molecule has 3 heteroatoms. The molecule has 0 aromatic heterocycles. The quantitative estimate of drug-likeness (QED) is 0.507. The molecule has 3 nitrogen and oxygen atoms in total. The molecule has 0 radical (unpaired) electrons. The van der Waals surface area contributed by atoms with E-state index in [1.54, 1.807) is 0 Å². The molecule has 0 bridgehead atoms. The van der Waals surface area contributed by atoms with E-state index in [1.165, 1.54) is 26.4 Å². The van der Waals surface area contributed by atoms with E-state index in [4.69, 9.17) is 4.74 Å². The molecule has 0 saturated carbocycles. The lowest BCUT2D eigenvalue weighted by Gasteiger charge is -2.35. The van der Waals surface area contributed by atoms with Gasteiger partial charge in [0.1, 0.15) is 5.54 Å². The van der Waals surface area contributed by atoms with Crippen LogP contribution in [0.3, 0.4) is 0 Å². The fourth-order valence-electron chi connectivity index (χ4n) is 3.05. The van der Waals surface area contributed by atoms with Gasteiger partial charge in [-0.25, -0.2) is 0 Å². The van der Waals surface area contributed by atoms with Gasteiger partial charge >= 0.3 is 5.97 Å². The Hall–Kier alpha value is -0.570. The van der Waals surface area contributed by atoms with Gasteiger partial charge in [-0.3, -0.25) is 9.69 Å². The summed E-state index contributed by atoms with van der Waals surface area (Å²) in [5, 5.41) is 0. The van der Waals surface area contributed by atoms with Crippen molar-refractivity contribution in [3.63, 3.8) is 0 Å². The SMILES string of the molecule is CCCCCC[C@@]1(C(=O)OC)CCCN1CC. The molecule has 1 atom stereocenters. The van der Waals surface area contributed by atoms with Crippen LogP contribution in [0.4, 0.5) is 0 Å². The zero-order valence-corrected chi connectivity index (χ0v) is 11.6. The summed E-state index contributed by atoms with van der Waals surface area (Å²) in [5.74, 6) is -0.0200. The van der Waals surface area contributed by atoms with Crippen molar-refractivity contribution in [2.45, 2.75) is 64.3 Å². The van der Waals surface area contributed by atoms with Crippen molar-refractivity contribution in [1.29, 1.82) is 0 Å². The van der Waals surface area contributed by atoms with Gasteiger partial charge in [-0.1, -0.05) is 39.5 Å². The van der Waals surface area contributed by atoms with E-state index in [9.17, 15) is 4.79 Å². The monoisotopic (exact) mass is 241 g/mol. The van der Waals surface area contributed by atoms with Crippen molar-refractivity contribution in [2.75, 3.05) is 20.2 Å². The molecule has 17 heavy (non-hydrogen) atoms. The maximum absolute atomic E-state index is 12.1. The smallest absolute Gasteiger partial charge is 0.326 e. The number of hydrogen-bond donors (Lipinski definition) is 0. The number of carbonyl (C=O) groups is 1. The van der Waals surface area contributed by atoms with E-state index in [0.717, 1.165) is 38.8 Å². The molecule has 1 rings (SSSR count). The molecule has 0 spiro atoms. The van der Waals surface area contributed by atoms with Gasteiger partial charge in [0.25, 0.3) is 0 Å². The maximum atomic E-state index is 12.1. The Morgan fingerprint density at radius 3 is 2.65 bits per heavy atom. The van der Waals surface area contributed by atoms with E-state index in [1.807, 2.05) is 0 Å². The Balaban J connectivity index is 2.62. The van der Waals surface area contributed by atoms with E-state index < -0.39 is 0 Å². The van der Waals surface area contributed by atoms with Crippen LogP contribution in [-0.2, 0) is 9.53 Å². The number of esters is 1. The zero-order chi connectivity index (χ0) is 12.7. The molecule has 1 heterocycles. The standard InChI is InChI=1S/C14H27NO2/c1-4-6-7-8-10-14(13(16)17-3)11-9-12-15(14)5-2/h4-12H2,1-3H3/t14-/m0/s1. The molecule has 1 aliphatic heterocycles. The average molecular weight is 241 g/mol. The highest BCUT2D eigenvalue weighted by Gasteiger charge is 2.46. The normalized spacial score (nSPS) is 25.1. The molecule has 1 fully saturated rings. The topological polar surface area (TPSA) is 29.5 Å². The predicted octanol–water partition coefficient (Wildman–Crippen LogP) is 2.98. The van der Waals surface area contributed by atoms with E-state index >= 15 is 0 Å². The van der Waals surface area contributed by atoms with Crippen molar-refractivity contribution in [1.82, 2.24) is 4.90 Å². The van der Waals surface area contributed by atoms with Gasteiger partial charge in [0, 0.05) is 0 Å². The van der Waals surface area contributed by atoms with Crippen LogP contribution in [0.15, 0.2) is 0 Å². The number of hydrogen-bond acceptors (Lipinski definition) is 3. The minimum Gasteiger partial charge on any atom is -0.468 e. The number of likely N-dealkylation sites (N-methyl/N-ethyl adjacent to an activating group) is 1. The van der Waals surface area contributed by atoms with Crippen molar-refractivity contribution in [3.8, 4) is 0 Å². The van der Waals surface area contributed by atoms with Crippen molar-refractivity contribution < 1.29 is 9.53 Å². The summed E-state index contributed by atoms with van der Waals surface area (Å²) >= 11 is 0. The number of methoxy groups -OCH3 is 1. The highest BCUT2D eigenvalue weighted by Crippen LogP contribution is 2.35. The van der Waals surface area contributed by atoms with Gasteiger partial charge in [-0.2, -0.15) is 0 Å². The van der Waals surface area contributed by atoms with Crippen molar-refractivity contribution in [2.24, 2.45) is 0 Å². The molecule has 0 aliphatic carbocycles. The van der Waals surface area contributed by atoms with Crippen LogP contribution in [-0.4, -0.2) is 36.6 Å². The van der Waals surface area contributed by atoms with Gasteiger partial charge in [-0.15, -0.1) is 0 Å². The number of rotatable bonds is 7. The molecule has 100 valence electrons. The number of carbonyl (C=O) groups excluding carboxylic acids is 1. The first kappa shape index (κ1) is 14.5. The second kappa shape index (κ2) is 7.00. The van der Waals surface area contributed by atoms with E-state index in [2.05, 4.69) is 18.7 Å². The Morgan fingerprint density at radius 1 is 1.29 bits per heavy atom. The summed E-state index contributed by atoms with van der Waals surface area (Å²) in [6, 6.07) is 0. The van der Waals surface area contributed by atoms with Crippen molar-refractivity contribution >= 4 is 5.97 Å². The molecular weight excluding hydrogens is 214 g/mol. The van der Waals surface area contributed by atoms with Gasteiger partial charge in [0.15, 0.2) is 0 Å². The Bertz CT molecular complexity index is 242. The van der Waals surface area contributed by atoms with Gasteiger partial charge in [0.05, 0.1) is 7.11 Å². The third-order valence-corrected chi connectivity index (χ3v) is 4.01. The summed E-state index contributed by atoms with van der Waals surface area (Å²) in [7, 11) is 1.52. The third kappa shape index (κ3) is 3.21. The summed E-state index contributed by atoms with van der Waals surface area (Å²) in [6.45, 7) is 6.33. The van der Waals surface area contributed by atoms with Crippen LogP contribution in [0.2, 0.25) is 0 Å². The van der Waals surface area contributed by atoms with Crippen LogP contribution in [0.5, 0.6) is 0 Å². The Morgan fingerprint density at radius 2 is 2.06 bits per heavy atom. The maximum Gasteiger partial charge on any atom is 0.326 e. The second-order valence-electron chi connectivity index (χ2n) is 5.02. The van der Waals surface area contributed by atoms with Gasteiger partial charge in [0.2, 0.25) is 0 Å². The van der Waals surface area contributed by atoms with E-state index in [0.29, 0.717) is 0 Å². The summed E-state index contributed by atoms with van der Waals surface area (Å²) in [5.41, 5.74) is -0.308. The fraction of sp³-hybridized carbons (Fsp3) is 0.929. The zero-order valence-electron chi connectivity index (χ0n) is 11.6. The molecule has 0 aromatic rings. The average Bonchev–Trinajstić information content (AvgIpc) is 2.77. The molecule has 1 aliphatic rings. The largest absolute Gasteiger partial charge is 0.468 e. The number of likely N-dealkylation sites (tertiary alicyclic amines) is 1. The number of ether oxygens (including phenoxy) is 1. The van der Waals surface area contributed by atoms with Crippen LogP contribution >= 0.6 is 0 Å². The molecule has 0 unspecified atom stereocenters. The molecule has 0 N–H and O–H groups in total. The third-order valence-electron chi connectivity index (χ3n) is 4.01.